The predicted molar refractivity (Wildman–Crippen MR) is 123 cm³/mol. The second-order valence-electron chi connectivity index (χ2n) is 9.05. The van der Waals surface area contributed by atoms with E-state index in [9.17, 15) is 9.59 Å². The first-order chi connectivity index (χ1) is 15.6. The summed E-state index contributed by atoms with van der Waals surface area (Å²) in [7, 11) is 1.63. The van der Waals surface area contributed by atoms with Crippen LogP contribution in [0.15, 0.2) is 35.7 Å². The number of rotatable bonds is 9. The number of fused-ring (bicyclic) bond motifs is 1. The van der Waals surface area contributed by atoms with Crippen LogP contribution >= 0.6 is 11.3 Å². The number of hydrogen-bond donors (Lipinski definition) is 0. The van der Waals surface area contributed by atoms with Crippen molar-refractivity contribution >= 4 is 23.2 Å². The number of nitrogens with zero attached hydrogens (tertiary/aromatic N) is 2. The van der Waals surface area contributed by atoms with E-state index < -0.39 is 0 Å². The van der Waals surface area contributed by atoms with Crippen LogP contribution < -0.4 is 9.47 Å². The van der Waals surface area contributed by atoms with Crippen LogP contribution in [0, 0.1) is 11.8 Å². The average molecular weight is 455 g/mol. The lowest BCUT2D eigenvalue weighted by Gasteiger charge is -2.37. The van der Waals surface area contributed by atoms with E-state index in [2.05, 4.69) is 11.4 Å². The van der Waals surface area contributed by atoms with E-state index in [-0.39, 0.29) is 30.3 Å². The first-order valence-corrected chi connectivity index (χ1v) is 12.4. The molecule has 2 aromatic rings. The van der Waals surface area contributed by atoms with Gasteiger partial charge < -0.3 is 19.3 Å². The van der Waals surface area contributed by atoms with Crippen molar-refractivity contribution in [3.63, 3.8) is 0 Å². The molecular formula is C25H30N2O4S. The van der Waals surface area contributed by atoms with Crippen molar-refractivity contribution in [1.82, 2.24) is 9.80 Å². The summed E-state index contributed by atoms with van der Waals surface area (Å²) in [6, 6.07) is 9.51. The van der Waals surface area contributed by atoms with Gasteiger partial charge in [-0.05, 0) is 67.2 Å². The molecule has 2 heterocycles. The summed E-state index contributed by atoms with van der Waals surface area (Å²) in [5.74, 6) is 2.24. The fourth-order valence-corrected chi connectivity index (χ4v) is 5.40. The van der Waals surface area contributed by atoms with E-state index in [1.54, 1.807) is 18.4 Å². The van der Waals surface area contributed by atoms with E-state index in [0.717, 1.165) is 31.4 Å². The topological polar surface area (TPSA) is 59.1 Å². The molecule has 6 nitrogen and oxygen atoms in total. The van der Waals surface area contributed by atoms with Crippen LogP contribution in [0.5, 0.6) is 11.5 Å². The highest BCUT2D eigenvalue weighted by Crippen LogP contribution is 2.37. The standard InChI is InChI=1S/C25H30N2O4S/c1-30-21-4-2-3-5-22(21)31-16-20-19-11-13-32-23(19)10-12-27(20)24(28)15-26(14-17-6-7-17)25(29)18-8-9-18/h2-5,11,13,17-18,20H,6-10,12,14-16H2,1H3. The molecule has 0 radical (unpaired) electrons. The first kappa shape index (κ1) is 21.3. The number of carbonyl (C=O) groups excluding carboxylic acids is 2. The molecule has 32 heavy (non-hydrogen) atoms. The average Bonchev–Trinajstić information content (AvgIpc) is 3.75. The Morgan fingerprint density at radius 1 is 1.12 bits per heavy atom. The molecule has 2 saturated carbocycles. The Morgan fingerprint density at radius 2 is 1.91 bits per heavy atom. The van der Waals surface area contributed by atoms with Crippen molar-refractivity contribution in [3.8, 4) is 11.5 Å². The fourth-order valence-electron chi connectivity index (χ4n) is 4.47. The lowest BCUT2D eigenvalue weighted by molar-refractivity contribution is -0.143. The van der Waals surface area contributed by atoms with E-state index in [1.807, 2.05) is 34.1 Å². The minimum Gasteiger partial charge on any atom is -0.493 e. The van der Waals surface area contributed by atoms with Gasteiger partial charge in [-0.15, -0.1) is 11.3 Å². The summed E-state index contributed by atoms with van der Waals surface area (Å²) in [6.45, 7) is 1.91. The zero-order valence-electron chi connectivity index (χ0n) is 18.5. The number of para-hydroxylation sites is 2. The molecule has 0 spiro atoms. The number of hydrogen-bond acceptors (Lipinski definition) is 5. The summed E-state index contributed by atoms with van der Waals surface area (Å²) in [6.07, 6.45) is 5.11. The van der Waals surface area contributed by atoms with Gasteiger partial charge in [0.15, 0.2) is 11.5 Å². The van der Waals surface area contributed by atoms with E-state index in [0.29, 0.717) is 30.6 Å². The molecule has 1 aromatic heterocycles. The molecule has 1 aliphatic heterocycles. The predicted octanol–water partition coefficient (Wildman–Crippen LogP) is 3.91. The zero-order chi connectivity index (χ0) is 22.1. The summed E-state index contributed by atoms with van der Waals surface area (Å²) in [5, 5.41) is 2.09. The molecule has 0 bridgehead atoms. The fraction of sp³-hybridized carbons (Fsp3) is 0.520. The van der Waals surface area contributed by atoms with Crippen LogP contribution in [0.3, 0.4) is 0 Å². The highest BCUT2D eigenvalue weighted by molar-refractivity contribution is 7.10. The van der Waals surface area contributed by atoms with Crippen molar-refractivity contribution in [2.45, 2.75) is 38.1 Å². The second-order valence-corrected chi connectivity index (χ2v) is 10.1. The molecular weight excluding hydrogens is 424 g/mol. The third-order valence-electron chi connectivity index (χ3n) is 6.62. The maximum absolute atomic E-state index is 13.5. The second kappa shape index (κ2) is 9.14. The summed E-state index contributed by atoms with van der Waals surface area (Å²) in [4.78, 5) is 31.4. The minimum absolute atomic E-state index is 0.0186. The molecule has 1 unspecified atom stereocenters. The van der Waals surface area contributed by atoms with Gasteiger partial charge in [-0.1, -0.05) is 12.1 Å². The van der Waals surface area contributed by atoms with Crippen molar-refractivity contribution in [3.05, 3.63) is 46.2 Å². The van der Waals surface area contributed by atoms with Gasteiger partial charge in [0.1, 0.15) is 6.61 Å². The number of amides is 2. The molecule has 2 amide bonds. The molecule has 5 rings (SSSR count). The van der Waals surface area contributed by atoms with Crippen molar-refractivity contribution in [2.24, 2.45) is 11.8 Å². The van der Waals surface area contributed by atoms with Gasteiger partial charge >= 0.3 is 0 Å². The molecule has 2 aliphatic carbocycles. The van der Waals surface area contributed by atoms with Crippen molar-refractivity contribution in [1.29, 1.82) is 0 Å². The lowest BCUT2D eigenvalue weighted by Crippen LogP contribution is -2.48. The van der Waals surface area contributed by atoms with E-state index in [4.69, 9.17) is 9.47 Å². The van der Waals surface area contributed by atoms with Crippen LogP contribution in [0.2, 0.25) is 0 Å². The van der Waals surface area contributed by atoms with E-state index in [1.165, 1.54) is 17.7 Å². The van der Waals surface area contributed by atoms with Crippen LogP contribution in [-0.4, -0.2) is 55.0 Å². The van der Waals surface area contributed by atoms with Gasteiger partial charge in [0.2, 0.25) is 11.8 Å². The Bertz CT molecular complexity index is 982. The molecule has 7 heteroatoms. The monoisotopic (exact) mass is 454 g/mol. The molecule has 3 aliphatic rings. The molecule has 0 saturated heterocycles. The Balaban J connectivity index is 1.32. The number of methoxy groups -OCH3 is 1. The molecule has 2 fully saturated rings. The van der Waals surface area contributed by atoms with Crippen LogP contribution in [0.4, 0.5) is 0 Å². The van der Waals surface area contributed by atoms with Crippen LogP contribution in [0.1, 0.15) is 42.2 Å². The van der Waals surface area contributed by atoms with Crippen LogP contribution in [0.25, 0.3) is 0 Å². The first-order valence-electron chi connectivity index (χ1n) is 11.5. The minimum atomic E-state index is -0.166. The Morgan fingerprint density at radius 3 is 2.62 bits per heavy atom. The van der Waals surface area contributed by atoms with Crippen molar-refractivity contribution in [2.75, 3.05) is 33.4 Å². The summed E-state index contributed by atoms with van der Waals surface area (Å²) >= 11 is 1.74. The molecule has 1 atom stereocenters. The molecule has 0 N–H and O–H groups in total. The maximum Gasteiger partial charge on any atom is 0.242 e. The summed E-state index contributed by atoms with van der Waals surface area (Å²) < 4.78 is 11.6. The van der Waals surface area contributed by atoms with Gasteiger partial charge in [0, 0.05) is 23.9 Å². The Labute approximate surface area is 193 Å². The molecule has 170 valence electrons. The maximum atomic E-state index is 13.5. The SMILES string of the molecule is COc1ccccc1OCC1c2ccsc2CCN1C(=O)CN(CC1CC1)C(=O)C1CC1. The summed E-state index contributed by atoms with van der Waals surface area (Å²) in [5.41, 5.74) is 1.16. The number of carbonyl (C=O) groups is 2. The molecule has 1 aromatic carbocycles. The van der Waals surface area contributed by atoms with Gasteiger partial charge in [-0.3, -0.25) is 9.59 Å². The number of benzene rings is 1. The largest absolute Gasteiger partial charge is 0.493 e. The highest BCUT2D eigenvalue weighted by atomic mass is 32.1. The third kappa shape index (κ3) is 4.63. The third-order valence-corrected chi connectivity index (χ3v) is 7.62. The Kier molecular flexibility index (Phi) is 6.09. The lowest BCUT2D eigenvalue weighted by atomic mass is 10.0. The van der Waals surface area contributed by atoms with Gasteiger partial charge in [-0.2, -0.15) is 0 Å². The van der Waals surface area contributed by atoms with Gasteiger partial charge in [0.25, 0.3) is 0 Å². The highest BCUT2D eigenvalue weighted by Gasteiger charge is 2.39. The Hall–Kier alpha value is -2.54. The van der Waals surface area contributed by atoms with E-state index >= 15 is 0 Å². The zero-order valence-corrected chi connectivity index (χ0v) is 19.3. The number of thiophene rings is 1. The normalized spacial score (nSPS) is 19.9. The van der Waals surface area contributed by atoms with Gasteiger partial charge in [0.05, 0.1) is 19.7 Å². The number of ether oxygens (including phenoxy) is 2. The smallest absolute Gasteiger partial charge is 0.242 e. The van der Waals surface area contributed by atoms with Gasteiger partial charge in [-0.25, -0.2) is 0 Å². The van der Waals surface area contributed by atoms with Crippen LogP contribution in [-0.2, 0) is 16.0 Å². The van der Waals surface area contributed by atoms with Crippen molar-refractivity contribution < 1.29 is 19.1 Å². The quantitative estimate of drug-likeness (QED) is 0.577.